The van der Waals surface area contributed by atoms with Crippen LogP contribution in [0.3, 0.4) is 0 Å². The van der Waals surface area contributed by atoms with Crippen LogP contribution >= 0.6 is 0 Å². The number of amides is 2. The lowest BCUT2D eigenvalue weighted by atomic mass is 9.87. The maximum absolute atomic E-state index is 12.7. The molecule has 1 aliphatic rings. The zero-order valence-corrected chi connectivity index (χ0v) is 16.5. The van der Waals surface area contributed by atoms with Gasteiger partial charge in [-0.3, -0.25) is 9.59 Å². The second-order valence-electron chi connectivity index (χ2n) is 7.58. The first-order valence-corrected chi connectivity index (χ1v) is 9.85. The molecule has 0 saturated carbocycles. The van der Waals surface area contributed by atoms with Gasteiger partial charge in [-0.15, -0.1) is 0 Å². The molecular weight excluding hydrogens is 352 g/mol. The van der Waals surface area contributed by atoms with Crippen LogP contribution in [-0.2, 0) is 4.79 Å². The van der Waals surface area contributed by atoms with Crippen LogP contribution in [0.2, 0.25) is 0 Å². The monoisotopic (exact) mass is 380 g/mol. The quantitative estimate of drug-likeness (QED) is 0.837. The number of nitrogens with zero attached hydrogens (tertiary/aromatic N) is 1. The number of carbonyl (C=O) groups excluding carboxylic acids is 2. The van der Waals surface area contributed by atoms with Gasteiger partial charge in [0, 0.05) is 18.7 Å². The minimum absolute atomic E-state index is 0.0753. The molecule has 2 aromatic rings. The number of hydrogen-bond donors (Lipinski definition) is 2. The van der Waals surface area contributed by atoms with E-state index in [1.54, 1.807) is 17.9 Å². The van der Waals surface area contributed by atoms with Gasteiger partial charge in [-0.1, -0.05) is 48.0 Å². The number of rotatable bonds is 5. The summed E-state index contributed by atoms with van der Waals surface area (Å²) in [4.78, 5) is 26.9. The van der Waals surface area contributed by atoms with Gasteiger partial charge in [0.1, 0.15) is 6.04 Å². The third kappa shape index (κ3) is 4.78. The molecule has 0 spiro atoms. The third-order valence-electron chi connectivity index (χ3n) is 5.44. The first kappa shape index (κ1) is 20.1. The number of piperidine rings is 1. The fraction of sp³-hybridized carbons (Fsp3) is 0.391. The Morgan fingerprint density at radius 2 is 1.75 bits per heavy atom. The Morgan fingerprint density at radius 3 is 2.39 bits per heavy atom. The first-order chi connectivity index (χ1) is 13.5. The highest BCUT2D eigenvalue weighted by Crippen LogP contribution is 2.30. The molecule has 1 saturated heterocycles. The third-order valence-corrected chi connectivity index (χ3v) is 5.44. The molecule has 0 aliphatic carbocycles. The van der Waals surface area contributed by atoms with Crippen molar-refractivity contribution in [3.05, 3.63) is 71.3 Å². The van der Waals surface area contributed by atoms with Gasteiger partial charge in [-0.05, 0) is 50.3 Å². The predicted octanol–water partition coefficient (Wildman–Crippen LogP) is 3.09. The average molecular weight is 380 g/mol. The number of aliphatic hydroxyl groups is 1. The van der Waals surface area contributed by atoms with Gasteiger partial charge in [-0.25, -0.2) is 0 Å². The molecule has 0 bridgehead atoms. The van der Waals surface area contributed by atoms with Gasteiger partial charge < -0.3 is 15.3 Å². The van der Waals surface area contributed by atoms with Gasteiger partial charge in [0.15, 0.2) is 0 Å². The van der Waals surface area contributed by atoms with Crippen molar-refractivity contribution in [1.29, 1.82) is 0 Å². The molecule has 5 heteroatoms. The van der Waals surface area contributed by atoms with E-state index in [2.05, 4.69) is 5.32 Å². The Balaban J connectivity index is 1.52. The highest BCUT2D eigenvalue weighted by Gasteiger charge is 2.30. The van der Waals surface area contributed by atoms with Crippen LogP contribution in [0.15, 0.2) is 54.6 Å². The van der Waals surface area contributed by atoms with E-state index in [1.165, 1.54) is 0 Å². The summed E-state index contributed by atoms with van der Waals surface area (Å²) in [7, 11) is 0. The molecule has 5 nitrogen and oxygen atoms in total. The number of aliphatic hydroxyl groups excluding tert-OH is 1. The standard InChI is InChI=1S/C23H28N2O3/c1-16-7-6-10-20(15-16)22(27)24-17(2)23(28)25-13-11-19(12-14-25)21(26)18-8-4-3-5-9-18/h3-10,15,17,19,21,26H,11-14H2,1-2H3,(H,24,27). The van der Waals surface area contributed by atoms with Crippen LogP contribution in [0, 0.1) is 12.8 Å². The summed E-state index contributed by atoms with van der Waals surface area (Å²) >= 11 is 0. The SMILES string of the molecule is Cc1cccc(C(=O)NC(C)C(=O)N2CCC(C(O)c3ccccc3)CC2)c1. The van der Waals surface area contributed by atoms with Gasteiger partial charge in [0.2, 0.25) is 5.91 Å². The molecule has 2 atom stereocenters. The van der Waals surface area contributed by atoms with Crippen LogP contribution in [0.25, 0.3) is 0 Å². The molecule has 2 amide bonds. The summed E-state index contributed by atoms with van der Waals surface area (Å²) in [5.41, 5.74) is 2.49. The van der Waals surface area contributed by atoms with Crippen LogP contribution < -0.4 is 5.32 Å². The summed E-state index contributed by atoms with van der Waals surface area (Å²) < 4.78 is 0. The van der Waals surface area contributed by atoms with Crippen molar-refractivity contribution in [3.63, 3.8) is 0 Å². The second-order valence-corrected chi connectivity index (χ2v) is 7.58. The van der Waals surface area contributed by atoms with E-state index in [-0.39, 0.29) is 17.7 Å². The largest absolute Gasteiger partial charge is 0.388 e. The summed E-state index contributed by atoms with van der Waals surface area (Å²) in [5.74, 6) is -0.170. The number of hydrogen-bond acceptors (Lipinski definition) is 3. The Labute approximate surface area is 166 Å². The van der Waals surface area contributed by atoms with Crippen molar-refractivity contribution >= 4 is 11.8 Å². The molecule has 0 aromatic heterocycles. The maximum Gasteiger partial charge on any atom is 0.251 e. The van der Waals surface area contributed by atoms with Crippen molar-refractivity contribution in [3.8, 4) is 0 Å². The van der Waals surface area contributed by atoms with Crippen molar-refractivity contribution in [2.24, 2.45) is 5.92 Å². The van der Waals surface area contributed by atoms with Gasteiger partial charge in [0.05, 0.1) is 6.10 Å². The number of nitrogens with one attached hydrogen (secondary N) is 1. The van der Waals surface area contributed by atoms with Crippen LogP contribution in [0.5, 0.6) is 0 Å². The predicted molar refractivity (Wildman–Crippen MR) is 109 cm³/mol. The minimum atomic E-state index is -0.580. The lowest BCUT2D eigenvalue weighted by Crippen LogP contribution is -2.49. The molecule has 1 heterocycles. The van der Waals surface area contributed by atoms with Gasteiger partial charge in [-0.2, -0.15) is 0 Å². The van der Waals surface area contributed by atoms with E-state index in [0.717, 1.165) is 24.0 Å². The number of aryl methyl sites for hydroxylation is 1. The first-order valence-electron chi connectivity index (χ1n) is 9.85. The molecule has 2 aromatic carbocycles. The molecule has 3 rings (SSSR count). The van der Waals surface area contributed by atoms with Crippen molar-refractivity contribution in [2.75, 3.05) is 13.1 Å². The summed E-state index contributed by atoms with van der Waals surface area (Å²) in [5, 5.41) is 13.4. The van der Waals surface area contributed by atoms with Crippen molar-refractivity contribution in [2.45, 2.75) is 38.8 Å². The topological polar surface area (TPSA) is 69.6 Å². The van der Waals surface area contributed by atoms with Crippen LogP contribution in [-0.4, -0.2) is 41.0 Å². The number of likely N-dealkylation sites (tertiary alicyclic amines) is 1. The molecule has 28 heavy (non-hydrogen) atoms. The van der Waals surface area contributed by atoms with Gasteiger partial charge in [0.25, 0.3) is 5.91 Å². The highest BCUT2D eigenvalue weighted by molar-refractivity contribution is 5.97. The number of benzene rings is 2. The Bertz CT molecular complexity index is 814. The van der Waals surface area contributed by atoms with E-state index >= 15 is 0 Å². The van der Waals surface area contributed by atoms with E-state index in [0.29, 0.717) is 18.7 Å². The fourth-order valence-corrected chi connectivity index (χ4v) is 3.76. The zero-order valence-electron chi connectivity index (χ0n) is 16.5. The van der Waals surface area contributed by atoms with Crippen LogP contribution in [0.1, 0.15) is 47.4 Å². The minimum Gasteiger partial charge on any atom is -0.388 e. The van der Waals surface area contributed by atoms with E-state index in [4.69, 9.17) is 0 Å². The molecule has 1 aliphatic heterocycles. The Morgan fingerprint density at radius 1 is 1.07 bits per heavy atom. The van der Waals surface area contributed by atoms with E-state index in [9.17, 15) is 14.7 Å². The van der Waals surface area contributed by atoms with Crippen molar-refractivity contribution < 1.29 is 14.7 Å². The summed E-state index contributed by atoms with van der Waals surface area (Å²) in [6, 6.07) is 16.4. The van der Waals surface area contributed by atoms with Gasteiger partial charge >= 0.3 is 0 Å². The molecule has 2 N–H and O–H groups in total. The number of carbonyl (C=O) groups is 2. The fourth-order valence-electron chi connectivity index (χ4n) is 3.76. The lowest BCUT2D eigenvalue weighted by Gasteiger charge is -2.35. The zero-order chi connectivity index (χ0) is 20.1. The summed E-state index contributed by atoms with van der Waals surface area (Å²) in [6.07, 6.45) is 0.998. The molecular formula is C23H28N2O3. The summed E-state index contributed by atoms with van der Waals surface area (Å²) in [6.45, 7) is 4.84. The maximum atomic E-state index is 12.7. The highest BCUT2D eigenvalue weighted by atomic mass is 16.3. The van der Waals surface area contributed by atoms with E-state index in [1.807, 2.05) is 55.5 Å². The van der Waals surface area contributed by atoms with Crippen molar-refractivity contribution in [1.82, 2.24) is 10.2 Å². The van der Waals surface area contributed by atoms with E-state index < -0.39 is 12.1 Å². The Hall–Kier alpha value is -2.66. The smallest absolute Gasteiger partial charge is 0.251 e. The normalized spacial score (nSPS) is 17.0. The van der Waals surface area contributed by atoms with Crippen LogP contribution in [0.4, 0.5) is 0 Å². The molecule has 2 unspecified atom stereocenters. The lowest BCUT2D eigenvalue weighted by molar-refractivity contribution is -0.134. The second kappa shape index (κ2) is 9.02. The molecule has 1 fully saturated rings. The molecule has 0 radical (unpaired) electrons. The Kier molecular flexibility index (Phi) is 6.47. The average Bonchev–Trinajstić information content (AvgIpc) is 2.73. The molecule has 148 valence electrons.